The van der Waals surface area contributed by atoms with Crippen LogP contribution < -0.4 is 0 Å². The van der Waals surface area contributed by atoms with E-state index in [2.05, 4.69) is 26.5 Å². The molecule has 0 heterocycles. The number of Topliss-reactive ketones (excluding diaryl/α,β-unsaturated/α-hetero) is 1. The molecule has 0 aromatic heterocycles. The number of allylic oxidation sites excluding steroid dienone is 1. The van der Waals surface area contributed by atoms with E-state index in [9.17, 15) is 4.79 Å². The summed E-state index contributed by atoms with van der Waals surface area (Å²) in [4.78, 5) is 11.1. The second kappa shape index (κ2) is 3.25. The lowest BCUT2D eigenvalue weighted by molar-refractivity contribution is -0.114. The van der Waals surface area contributed by atoms with Crippen molar-refractivity contribution in [2.24, 2.45) is 5.41 Å². The molecule has 1 aliphatic carbocycles. The lowest BCUT2D eigenvalue weighted by Gasteiger charge is -2.31. The zero-order chi connectivity index (χ0) is 9.35. The highest BCUT2D eigenvalue weighted by molar-refractivity contribution is 7.81. The summed E-state index contributed by atoms with van der Waals surface area (Å²) in [6.07, 6.45) is 3.96. The quantitative estimate of drug-likeness (QED) is 0.620. The number of rotatable bonds is 1. The van der Waals surface area contributed by atoms with Gasteiger partial charge in [-0.1, -0.05) is 19.9 Å². The number of hydrogen-bond acceptors (Lipinski definition) is 2. The number of carbonyl (C=O) groups excluding carboxylic acids is 1. The van der Waals surface area contributed by atoms with Crippen molar-refractivity contribution in [3.05, 3.63) is 11.6 Å². The van der Waals surface area contributed by atoms with Gasteiger partial charge in [0.15, 0.2) is 5.78 Å². The predicted octanol–water partition coefficient (Wildman–Crippen LogP) is 2.62. The Labute approximate surface area is 79.6 Å². The van der Waals surface area contributed by atoms with Crippen LogP contribution in [0.1, 0.15) is 33.6 Å². The summed E-state index contributed by atoms with van der Waals surface area (Å²) in [6.45, 7) is 6.01. The minimum absolute atomic E-state index is 0.196. The molecule has 68 valence electrons. The van der Waals surface area contributed by atoms with Gasteiger partial charge in [0.05, 0.1) is 0 Å². The van der Waals surface area contributed by atoms with Crippen LogP contribution >= 0.6 is 12.6 Å². The van der Waals surface area contributed by atoms with Crippen molar-refractivity contribution < 1.29 is 4.79 Å². The van der Waals surface area contributed by atoms with E-state index in [1.54, 1.807) is 6.92 Å². The fraction of sp³-hybridized carbons (Fsp3) is 0.700. The van der Waals surface area contributed by atoms with Gasteiger partial charge in [-0.2, -0.15) is 12.6 Å². The molecule has 0 aromatic carbocycles. The molecule has 0 aromatic rings. The van der Waals surface area contributed by atoms with Crippen LogP contribution in [-0.2, 0) is 4.79 Å². The highest BCUT2D eigenvalue weighted by atomic mass is 32.1. The van der Waals surface area contributed by atoms with Crippen molar-refractivity contribution in [1.82, 2.24) is 0 Å². The topological polar surface area (TPSA) is 17.1 Å². The Balaban J connectivity index is 2.83. The molecule has 1 nitrogen and oxygen atoms in total. The molecule has 0 N–H and O–H groups in total. The van der Waals surface area contributed by atoms with Gasteiger partial charge >= 0.3 is 0 Å². The molecule has 0 spiro atoms. The zero-order valence-corrected chi connectivity index (χ0v) is 8.82. The summed E-state index contributed by atoms with van der Waals surface area (Å²) in [6, 6.07) is 0. The maximum atomic E-state index is 11.1. The summed E-state index contributed by atoms with van der Waals surface area (Å²) in [7, 11) is 0. The summed E-state index contributed by atoms with van der Waals surface area (Å²) in [5.74, 6) is 0.196. The van der Waals surface area contributed by atoms with Crippen molar-refractivity contribution in [3.63, 3.8) is 0 Å². The summed E-state index contributed by atoms with van der Waals surface area (Å²) < 4.78 is 0. The maximum Gasteiger partial charge on any atom is 0.155 e. The van der Waals surface area contributed by atoms with Crippen molar-refractivity contribution in [3.8, 4) is 0 Å². The zero-order valence-electron chi connectivity index (χ0n) is 7.92. The molecule has 1 unspecified atom stereocenters. The average Bonchev–Trinajstić information content (AvgIpc) is 1.82. The second-order valence-electron chi connectivity index (χ2n) is 4.36. The Morgan fingerprint density at radius 3 is 2.67 bits per heavy atom. The van der Waals surface area contributed by atoms with Crippen LogP contribution in [0.15, 0.2) is 11.6 Å². The molecule has 0 bridgehead atoms. The van der Waals surface area contributed by atoms with Crippen LogP contribution in [0.2, 0.25) is 0 Å². The molecule has 1 rings (SSSR count). The average molecular weight is 184 g/mol. The molecule has 0 radical (unpaired) electrons. The number of ketones is 1. The molecule has 0 saturated carbocycles. The van der Waals surface area contributed by atoms with Gasteiger partial charge in [0.25, 0.3) is 0 Å². The van der Waals surface area contributed by atoms with Gasteiger partial charge in [0, 0.05) is 5.25 Å². The van der Waals surface area contributed by atoms with E-state index >= 15 is 0 Å². The van der Waals surface area contributed by atoms with Crippen molar-refractivity contribution in [2.75, 3.05) is 0 Å². The molecule has 2 heteroatoms. The van der Waals surface area contributed by atoms with Gasteiger partial charge in [-0.15, -0.1) is 0 Å². The van der Waals surface area contributed by atoms with Gasteiger partial charge in [-0.25, -0.2) is 0 Å². The lowest BCUT2D eigenvalue weighted by Crippen LogP contribution is -2.24. The van der Waals surface area contributed by atoms with E-state index in [-0.39, 0.29) is 16.4 Å². The Hall–Kier alpha value is -0.240. The van der Waals surface area contributed by atoms with Crippen LogP contribution in [0, 0.1) is 5.41 Å². The Bertz CT molecular complexity index is 228. The van der Waals surface area contributed by atoms with E-state index in [1.807, 2.05) is 6.08 Å². The predicted molar refractivity (Wildman–Crippen MR) is 54.6 cm³/mol. The summed E-state index contributed by atoms with van der Waals surface area (Å²) in [5.41, 5.74) is 1.19. The van der Waals surface area contributed by atoms with Crippen LogP contribution in [-0.4, -0.2) is 11.0 Å². The molecule has 12 heavy (non-hydrogen) atoms. The second-order valence-corrected chi connectivity index (χ2v) is 5.02. The van der Waals surface area contributed by atoms with Gasteiger partial charge < -0.3 is 0 Å². The van der Waals surface area contributed by atoms with E-state index < -0.39 is 0 Å². The first-order valence-corrected chi connectivity index (χ1v) is 4.82. The standard InChI is InChI=1S/C10H16OS/c1-7(11)8-4-9(12)6-10(2,3)5-8/h4,9,12H,5-6H2,1-3H3. The van der Waals surface area contributed by atoms with Crippen LogP contribution in [0.4, 0.5) is 0 Å². The van der Waals surface area contributed by atoms with Gasteiger partial charge in [-0.3, -0.25) is 4.79 Å². The minimum Gasteiger partial charge on any atom is -0.295 e. The normalized spacial score (nSPS) is 28.0. The van der Waals surface area contributed by atoms with E-state index in [4.69, 9.17) is 0 Å². The van der Waals surface area contributed by atoms with E-state index in [0.717, 1.165) is 18.4 Å². The fourth-order valence-electron chi connectivity index (χ4n) is 1.75. The fourth-order valence-corrected chi connectivity index (χ4v) is 2.42. The molecular formula is C10H16OS. The smallest absolute Gasteiger partial charge is 0.155 e. The minimum atomic E-state index is 0.196. The van der Waals surface area contributed by atoms with Crippen LogP contribution in [0.25, 0.3) is 0 Å². The van der Waals surface area contributed by atoms with Crippen LogP contribution in [0.5, 0.6) is 0 Å². The van der Waals surface area contributed by atoms with Crippen molar-refractivity contribution >= 4 is 18.4 Å². The largest absolute Gasteiger partial charge is 0.295 e. The molecule has 0 amide bonds. The first-order chi connectivity index (χ1) is 5.41. The third-order valence-electron chi connectivity index (χ3n) is 2.28. The van der Waals surface area contributed by atoms with Gasteiger partial charge in [0.1, 0.15) is 0 Å². The first kappa shape index (κ1) is 9.85. The van der Waals surface area contributed by atoms with Crippen molar-refractivity contribution in [1.29, 1.82) is 0 Å². The third-order valence-corrected chi connectivity index (χ3v) is 2.61. The highest BCUT2D eigenvalue weighted by Crippen LogP contribution is 2.37. The molecule has 1 aliphatic rings. The SMILES string of the molecule is CC(=O)C1=CC(S)CC(C)(C)C1. The van der Waals surface area contributed by atoms with Crippen molar-refractivity contribution in [2.45, 2.75) is 38.9 Å². The molecule has 1 atom stereocenters. The van der Waals surface area contributed by atoms with E-state index in [0.29, 0.717) is 0 Å². The van der Waals surface area contributed by atoms with Gasteiger partial charge in [0.2, 0.25) is 0 Å². The van der Waals surface area contributed by atoms with E-state index in [1.165, 1.54) is 0 Å². The van der Waals surface area contributed by atoms with Crippen LogP contribution in [0.3, 0.4) is 0 Å². The maximum absolute atomic E-state index is 11.1. The number of hydrogen-bond donors (Lipinski definition) is 1. The lowest BCUT2D eigenvalue weighted by atomic mass is 9.76. The highest BCUT2D eigenvalue weighted by Gasteiger charge is 2.28. The molecule has 0 aliphatic heterocycles. The Morgan fingerprint density at radius 2 is 2.25 bits per heavy atom. The first-order valence-electron chi connectivity index (χ1n) is 4.30. The summed E-state index contributed by atoms with van der Waals surface area (Å²) in [5, 5.41) is 0.257. The molecule has 0 saturated heterocycles. The Morgan fingerprint density at radius 1 is 1.67 bits per heavy atom. The summed E-state index contributed by atoms with van der Waals surface area (Å²) >= 11 is 4.40. The number of carbonyl (C=O) groups is 1. The molecule has 0 fully saturated rings. The molecular weight excluding hydrogens is 168 g/mol. The third kappa shape index (κ3) is 2.37. The monoisotopic (exact) mass is 184 g/mol. The Kier molecular flexibility index (Phi) is 2.67. The number of thiol groups is 1. The van der Waals surface area contributed by atoms with Gasteiger partial charge in [-0.05, 0) is 30.8 Å².